The Hall–Kier alpha value is -2.50. The maximum Gasteiger partial charge on any atom is 0.161 e. The third-order valence-corrected chi connectivity index (χ3v) is 6.13. The summed E-state index contributed by atoms with van der Waals surface area (Å²) in [4.78, 5) is 4.86. The Morgan fingerprint density at radius 3 is 2.93 bits per heavy atom. The summed E-state index contributed by atoms with van der Waals surface area (Å²) in [5, 5.41) is 5.44. The Morgan fingerprint density at radius 2 is 2.07 bits per heavy atom. The van der Waals surface area contributed by atoms with Crippen LogP contribution in [0.15, 0.2) is 59.7 Å². The molecule has 0 saturated heterocycles. The average molecular weight is 409 g/mol. The Labute approximate surface area is 176 Å². The molecule has 6 heteroatoms. The van der Waals surface area contributed by atoms with Crippen LogP contribution in [0, 0.1) is 0 Å². The van der Waals surface area contributed by atoms with Crippen LogP contribution in [0.1, 0.15) is 24.0 Å². The lowest BCUT2D eigenvalue weighted by atomic mass is 9.99. The van der Waals surface area contributed by atoms with Gasteiger partial charge in [-0.15, -0.1) is 0 Å². The predicted octanol–water partition coefficient (Wildman–Crippen LogP) is 3.80. The molecule has 3 heterocycles. The molecule has 0 radical (unpaired) electrons. The van der Waals surface area contributed by atoms with Crippen LogP contribution in [0.4, 0.5) is 0 Å². The molecule has 29 heavy (non-hydrogen) atoms. The molecule has 1 atom stereocenters. The fourth-order valence-electron chi connectivity index (χ4n) is 4.31. The minimum Gasteiger partial charge on any atom is -0.491 e. The van der Waals surface area contributed by atoms with E-state index in [1.165, 1.54) is 11.1 Å². The number of nitrogens with one attached hydrogen (secondary N) is 1. The number of nitrogens with zero attached hydrogens (tertiary/aromatic N) is 3. The van der Waals surface area contributed by atoms with Crippen molar-refractivity contribution in [2.24, 2.45) is 5.10 Å². The van der Waals surface area contributed by atoms with Crippen molar-refractivity contribution in [3.05, 3.63) is 70.8 Å². The largest absolute Gasteiger partial charge is 0.491 e. The van der Waals surface area contributed by atoms with Gasteiger partial charge in [0.1, 0.15) is 18.5 Å². The highest BCUT2D eigenvalue weighted by Crippen LogP contribution is 2.28. The topological polar surface area (TPSA) is 40.1 Å². The highest BCUT2D eigenvalue weighted by molar-refractivity contribution is 6.30. The molecule has 5 rings (SSSR count). The number of halogens is 1. The van der Waals surface area contributed by atoms with Crippen LogP contribution in [-0.2, 0) is 0 Å². The molecule has 0 aromatic heterocycles. The molecule has 1 N–H and O–H groups in total. The summed E-state index contributed by atoms with van der Waals surface area (Å²) in [6.45, 7) is 4.63. The second-order valence-electron chi connectivity index (χ2n) is 7.70. The average Bonchev–Trinajstić information content (AvgIpc) is 3.06. The number of benzene rings is 2. The van der Waals surface area contributed by atoms with Gasteiger partial charge < -0.3 is 9.64 Å². The molecule has 3 aliphatic heterocycles. The lowest BCUT2D eigenvalue weighted by molar-refractivity contribution is 0.205. The molecular weight excluding hydrogens is 384 g/mol. The van der Waals surface area contributed by atoms with Gasteiger partial charge >= 0.3 is 0 Å². The van der Waals surface area contributed by atoms with E-state index >= 15 is 0 Å². The number of amidine groups is 1. The zero-order valence-corrected chi connectivity index (χ0v) is 17.1. The maximum absolute atomic E-state index is 6.15. The molecule has 0 saturated carbocycles. The number of fused-ring (bicyclic) bond motifs is 3. The lowest BCUT2D eigenvalue weighted by Crippen LogP contribution is -2.44. The first-order valence-corrected chi connectivity index (χ1v) is 10.6. The van der Waals surface area contributed by atoms with E-state index in [0.29, 0.717) is 6.61 Å². The molecule has 0 aliphatic carbocycles. The van der Waals surface area contributed by atoms with E-state index < -0.39 is 0 Å². The van der Waals surface area contributed by atoms with Gasteiger partial charge in [0.2, 0.25) is 0 Å². The number of ether oxygens (including phenoxy) is 1. The van der Waals surface area contributed by atoms with E-state index in [9.17, 15) is 0 Å². The van der Waals surface area contributed by atoms with Crippen molar-refractivity contribution in [2.75, 3.05) is 32.8 Å². The van der Waals surface area contributed by atoms with Crippen LogP contribution in [0.25, 0.3) is 5.57 Å². The van der Waals surface area contributed by atoms with Gasteiger partial charge in [0.15, 0.2) is 5.84 Å². The quantitative estimate of drug-likeness (QED) is 0.835. The second kappa shape index (κ2) is 8.09. The first-order valence-electron chi connectivity index (χ1n) is 10.3. The highest BCUT2D eigenvalue weighted by Gasteiger charge is 2.32. The summed E-state index contributed by atoms with van der Waals surface area (Å²) in [6, 6.07) is 16.3. The predicted molar refractivity (Wildman–Crippen MR) is 117 cm³/mol. The first kappa shape index (κ1) is 18.5. The van der Waals surface area contributed by atoms with Crippen LogP contribution in [0.2, 0.25) is 5.02 Å². The molecule has 2 aromatic rings. The van der Waals surface area contributed by atoms with E-state index in [1.807, 2.05) is 30.3 Å². The number of hydrogen-bond donors (Lipinski definition) is 1. The monoisotopic (exact) mass is 408 g/mol. The molecule has 0 amide bonds. The summed E-state index contributed by atoms with van der Waals surface area (Å²) in [5.74, 6) is 1.93. The smallest absolute Gasteiger partial charge is 0.161 e. The van der Waals surface area contributed by atoms with E-state index in [-0.39, 0.29) is 6.17 Å². The Morgan fingerprint density at radius 1 is 1.14 bits per heavy atom. The van der Waals surface area contributed by atoms with Crippen LogP contribution in [0.3, 0.4) is 0 Å². The molecular formula is C23H25ClN4O. The molecule has 3 aliphatic rings. The standard InChI is InChI=1S/C23H25ClN4O/c24-19-5-3-4-18(16-19)17-8-11-27(12-9-17)13-10-22-25-26-23-20-6-1-2-7-21(20)29-15-14-28(22)23/h1-8,16,22,25H,9-15H2. The van der Waals surface area contributed by atoms with E-state index in [1.54, 1.807) is 0 Å². The number of hydrazone groups is 1. The molecule has 0 bridgehead atoms. The van der Waals surface area contributed by atoms with Gasteiger partial charge in [-0.3, -0.25) is 10.3 Å². The third kappa shape index (κ3) is 3.85. The Balaban J connectivity index is 1.19. The van der Waals surface area contributed by atoms with Crippen LogP contribution in [-0.4, -0.2) is 54.6 Å². The van der Waals surface area contributed by atoms with Gasteiger partial charge in [-0.05, 0) is 41.8 Å². The van der Waals surface area contributed by atoms with Crippen molar-refractivity contribution in [2.45, 2.75) is 19.0 Å². The number of rotatable bonds is 4. The Bertz CT molecular complexity index is 957. The number of hydrogen-bond acceptors (Lipinski definition) is 5. The van der Waals surface area contributed by atoms with Crippen molar-refractivity contribution in [3.63, 3.8) is 0 Å². The molecule has 2 aromatic carbocycles. The lowest BCUT2D eigenvalue weighted by Gasteiger charge is -2.30. The zero-order chi connectivity index (χ0) is 19.6. The van der Waals surface area contributed by atoms with Crippen molar-refractivity contribution in [1.29, 1.82) is 0 Å². The van der Waals surface area contributed by atoms with Gasteiger partial charge in [0.05, 0.1) is 12.1 Å². The fraction of sp³-hybridized carbons (Fsp3) is 0.348. The van der Waals surface area contributed by atoms with Gasteiger partial charge in [-0.25, -0.2) is 0 Å². The summed E-state index contributed by atoms with van der Waals surface area (Å²) in [6.07, 6.45) is 4.65. The van der Waals surface area contributed by atoms with Gasteiger partial charge in [0.25, 0.3) is 0 Å². The summed E-state index contributed by atoms with van der Waals surface area (Å²) in [7, 11) is 0. The zero-order valence-electron chi connectivity index (χ0n) is 16.4. The first-order chi connectivity index (χ1) is 14.3. The van der Waals surface area contributed by atoms with Crippen LogP contribution in [0.5, 0.6) is 5.75 Å². The Kier molecular flexibility index (Phi) is 5.17. The molecule has 0 fully saturated rings. The van der Waals surface area contributed by atoms with E-state index in [0.717, 1.165) is 61.2 Å². The van der Waals surface area contributed by atoms with Crippen LogP contribution >= 0.6 is 11.6 Å². The normalized spacial score (nSPS) is 21.3. The van der Waals surface area contributed by atoms with Crippen molar-refractivity contribution < 1.29 is 4.74 Å². The summed E-state index contributed by atoms with van der Waals surface area (Å²) < 4.78 is 5.91. The molecule has 5 nitrogen and oxygen atoms in total. The number of para-hydroxylation sites is 1. The molecule has 0 spiro atoms. The van der Waals surface area contributed by atoms with Crippen molar-refractivity contribution in [1.82, 2.24) is 15.2 Å². The van der Waals surface area contributed by atoms with E-state index in [4.69, 9.17) is 16.3 Å². The summed E-state index contributed by atoms with van der Waals surface area (Å²) in [5.41, 5.74) is 7.07. The van der Waals surface area contributed by atoms with Crippen LogP contribution < -0.4 is 10.2 Å². The van der Waals surface area contributed by atoms with Crippen molar-refractivity contribution >= 4 is 23.0 Å². The van der Waals surface area contributed by atoms with Gasteiger partial charge in [-0.1, -0.05) is 41.9 Å². The fourth-order valence-corrected chi connectivity index (χ4v) is 4.51. The molecule has 150 valence electrons. The van der Waals surface area contributed by atoms with E-state index in [2.05, 4.69) is 44.6 Å². The second-order valence-corrected chi connectivity index (χ2v) is 8.13. The minimum atomic E-state index is 0.220. The highest BCUT2D eigenvalue weighted by atomic mass is 35.5. The third-order valence-electron chi connectivity index (χ3n) is 5.89. The van der Waals surface area contributed by atoms with Crippen molar-refractivity contribution in [3.8, 4) is 5.75 Å². The minimum absolute atomic E-state index is 0.220. The van der Waals surface area contributed by atoms with Gasteiger partial charge in [-0.2, -0.15) is 5.10 Å². The van der Waals surface area contributed by atoms with Gasteiger partial charge in [0, 0.05) is 31.1 Å². The summed E-state index contributed by atoms with van der Waals surface area (Å²) >= 11 is 6.15. The SMILES string of the molecule is Clc1cccc(C2=CCN(CCC3NN=C4c5ccccc5OCCN43)CC2)c1. The molecule has 1 unspecified atom stereocenters. The maximum atomic E-state index is 6.15.